The molecular weight excluding hydrogens is 364 g/mol. The molecule has 1 aliphatic heterocycles. The van der Waals surface area contributed by atoms with Crippen molar-refractivity contribution in [1.29, 1.82) is 0 Å². The van der Waals surface area contributed by atoms with Gasteiger partial charge in [-0.1, -0.05) is 44.5 Å². The van der Waals surface area contributed by atoms with Gasteiger partial charge in [0, 0.05) is 32.0 Å². The third-order valence-electron chi connectivity index (χ3n) is 4.53. The SMILES string of the molecule is CC(C)(C)CC(=O)NC1CCN(C(=O)CCCOc2ccccc2Cl)CC1. The predicted octanol–water partition coefficient (Wildman–Crippen LogP) is 4.04. The van der Waals surface area contributed by atoms with Gasteiger partial charge in [-0.15, -0.1) is 0 Å². The van der Waals surface area contributed by atoms with Crippen molar-refractivity contribution in [3.8, 4) is 5.75 Å². The molecule has 0 saturated carbocycles. The second-order valence-electron chi connectivity index (χ2n) is 8.34. The molecule has 1 fully saturated rings. The molecule has 0 bridgehead atoms. The molecule has 0 spiro atoms. The Bertz CT molecular complexity index is 635. The number of carbonyl (C=O) groups excluding carboxylic acids is 2. The van der Waals surface area contributed by atoms with Crippen LogP contribution in [-0.4, -0.2) is 42.5 Å². The Labute approximate surface area is 167 Å². The van der Waals surface area contributed by atoms with Crippen molar-refractivity contribution in [3.05, 3.63) is 29.3 Å². The first-order valence-electron chi connectivity index (χ1n) is 9.69. The van der Waals surface area contributed by atoms with E-state index in [1.54, 1.807) is 6.07 Å². The summed E-state index contributed by atoms with van der Waals surface area (Å²) in [7, 11) is 0. The third-order valence-corrected chi connectivity index (χ3v) is 4.85. The lowest BCUT2D eigenvalue weighted by Crippen LogP contribution is -2.47. The lowest BCUT2D eigenvalue weighted by atomic mass is 9.91. The van der Waals surface area contributed by atoms with Crippen LogP contribution in [0.2, 0.25) is 5.02 Å². The molecule has 1 aromatic carbocycles. The maximum absolute atomic E-state index is 12.3. The second-order valence-corrected chi connectivity index (χ2v) is 8.75. The Balaban J connectivity index is 1.63. The van der Waals surface area contributed by atoms with Crippen LogP contribution < -0.4 is 10.1 Å². The maximum Gasteiger partial charge on any atom is 0.222 e. The Morgan fingerprint density at radius 1 is 1.22 bits per heavy atom. The van der Waals surface area contributed by atoms with Gasteiger partial charge in [0.25, 0.3) is 0 Å². The largest absolute Gasteiger partial charge is 0.492 e. The fourth-order valence-corrected chi connectivity index (χ4v) is 3.35. The number of hydrogen-bond donors (Lipinski definition) is 1. The van der Waals surface area contributed by atoms with Gasteiger partial charge < -0.3 is 15.0 Å². The number of nitrogens with one attached hydrogen (secondary N) is 1. The van der Waals surface area contributed by atoms with Crippen LogP contribution in [0.25, 0.3) is 0 Å². The number of amides is 2. The van der Waals surface area contributed by atoms with E-state index >= 15 is 0 Å². The van der Waals surface area contributed by atoms with E-state index in [-0.39, 0.29) is 23.3 Å². The number of rotatable bonds is 7. The smallest absolute Gasteiger partial charge is 0.222 e. The van der Waals surface area contributed by atoms with E-state index in [1.807, 2.05) is 23.1 Å². The number of benzene rings is 1. The number of likely N-dealkylation sites (tertiary alicyclic amines) is 1. The number of piperidine rings is 1. The number of nitrogens with zero attached hydrogens (tertiary/aromatic N) is 1. The summed E-state index contributed by atoms with van der Waals surface area (Å²) in [5, 5.41) is 3.68. The summed E-state index contributed by atoms with van der Waals surface area (Å²) in [5.74, 6) is 0.902. The Hall–Kier alpha value is -1.75. The Morgan fingerprint density at radius 3 is 2.52 bits per heavy atom. The van der Waals surface area contributed by atoms with Crippen LogP contribution >= 0.6 is 11.6 Å². The minimum absolute atomic E-state index is 0.00714. The van der Waals surface area contributed by atoms with E-state index in [2.05, 4.69) is 26.1 Å². The summed E-state index contributed by atoms with van der Waals surface area (Å²) in [6.07, 6.45) is 3.28. The van der Waals surface area contributed by atoms with Crippen molar-refractivity contribution < 1.29 is 14.3 Å². The standard InChI is InChI=1S/C21H31ClN2O3/c1-21(2,3)15-19(25)23-16-10-12-24(13-11-16)20(26)9-6-14-27-18-8-5-4-7-17(18)22/h4-5,7-8,16H,6,9-15H2,1-3H3,(H,23,25). The van der Waals surface area contributed by atoms with Crippen molar-refractivity contribution in [3.63, 3.8) is 0 Å². The van der Waals surface area contributed by atoms with Crippen LogP contribution in [0.5, 0.6) is 5.75 Å². The summed E-state index contributed by atoms with van der Waals surface area (Å²) < 4.78 is 5.62. The molecule has 0 aliphatic carbocycles. The van der Waals surface area contributed by atoms with Crippen molar-refractivity contribution in [1.82, 2.24) is 10.2 Å². The first-order valence-corrected chi connectivity index (χ1v) is 10.1. The van der Waals surface area contributed by atoms with E-state index < -0.39 is 0 Å². The molecule has 6 heteroatoms. The van der Waals surface area contributed by atoms with Crippen LogP contribution in [0.4, 0.5) is 0 Å². The van der Waals surface area contributed by atoms with E-state index in [1.165, 1.54) is 0 Å². The predicted molar refractivity (Wildman–Crippen MR) is 108 cm³/mol. The average molecular weight is 395 g/mol. The lowest BCUT2D eigenvalue weighted by Gasteiger charge is -2.33. The Morgan fingerprint density at radius 2 is 1.89 bits per heavy atom. The highest BCUT2D eigenvalue weighted by molar-refractivity contribution is 6.32. The third kappa shape index (κ3) is 7.79. The number of ether oxygens (including phenoxy) is 1. The van der Waals surface area contributed by atoms with Gasteiger partial charge in [-0.3, -0.25) is 9.59 Å². The van der Waals surface area contributed by atoms with Crippen LogP contribution in [0, 0.1) is 5.41 Å². The Kier molecular flexibility index (Phi) is 7.96. The highest BCUT2D eigenvalue weighted by atomic mass is 35.5. The van der Waals surface area contributed by atoms with Gasteiger partial charge in [0.1, 0.15) is 5.75 Å². The highest BCUT2D eigenvalue weighted by Gasteiger charge is 2.25. The van der Waals surface area contributed by atoms with E-state index in [4.69, 9.17) is 16.3 Å². The minimum Gasteiger partial charge on any atom is -0.492 e. The highest BCUT2D eigenvalue weighted by Crippen LogP contribution is 2.23. The van der Waals surface area contributed by atoms with E-state index in [0.29, 0.717) is 49.7 Å². The van der Waals surface area contributed by atoms with Crippen molar-refractivity contribution >= 4 is 23.4 Å². The minimum atomic E-state index is -0.00714. The van der Waals surface area contributed by atoms with Gasteiger partial charge in [-0.05, 0) is 36.8 Å². The molecule has 1 saturated heterocycles. The van der Waals surface area contributed by atoms with Crippen LogP contribution in [-0.2, 0) is 9.59 Å². The molecule has 27 heavy (non-hydrogen) atoms. The quantitative estimate of drug-likeness (QED) is 0.710. The molecule has 0 radical (unpaired) electrons. The lowest BCUT2D eigenvalue weighted by molar-refractivity contribution is -0.132. The van der Waals surface area contributed by atoms with Gasteiger partial charge in [0.05, 0.1) is 11.6 Å². The summed E-state index contributed by atoms with van der Waals surface area (Å²) in [6, 6.07) is 7.51. The average Bonchev–Trinajstić information content (AvgIpc) is 2.59. The van der Waals surface area contributed by atoms with Crippen molar-refractivity contribution in [2.24, 2.45) is 5.41 Å². The summed E-state index contributed by atoms with van der Waals surface area (Å²) in [5.41, 5.74) is -0.00714. The zero-order valence-corrected chi connectivity index (χ0v) is 17.3. The van der Waals surface area contributed by atoms with Gasteiger partial charge in [0.2, 0.25) is 11.8 Å². The van der Waals surface area contributed by atoms with Gasteiger partial charge >= 0.3 is 0 Å². The zero-order valence-electron chi connectivity index (χ0n) is 16.6. The number of carbonyl (C=O) groups is 2. The summed E-state index contributed by atoms with van der Waals surface area (Å²) in [6.45, 7) is 8.04. The molecule has 150 valence electrons. The van der Waals surface area contributed by atoms with Gasteiger partial charge in [-0.2, -0.15) is 0 Å². The molecule has 0 unspecified atom stereocenters. The van der Waals surface area contributed by atoms with Crippen molar-refractivity contribution in [2.45, 2.75) is 58.9 Å². The van der Waals surface area contributed by atoms with Crippen LogP contribution in [0.3, 0.4) is 0 Å². The molecule has 1 aromatic rings. The first-order chi connectivity index (χ1) is 12.7. The molecule has 0 aromatic heterocycles. The molecule has 0 atom stereocenters. The molecule has 1 aliphatic rings. The normalized spacial score (nSPS) is 15.5. The molecule has 1 N–H and O–H groups in total. The number of para-hydroxylation sites is 1. The molecular formula is C21H31ClN2O3. The number of hydrogen-bond acceptors (Lipinski definition) is 3. The van der Waals surface area contributed by atoms with Gasteiger partial charge in [0.15, 0.2) is 0 Å². The van der Waals surface area contributed by atoms with E-state index in [9.17, 15) is 9.59 Å². The van der Waals surface area contributed by atoms with Crippen molar-refractivity contribution in [2.75, 3.05) is 19.7 Å². The first kappa shape index (κ1) is 21.5. The summed E-state index contributed by atoms with van der Waals surface area (Å²) in [4.78, 5) is 26.3. The number of halogens is 1. The second kappa shape index (κ2) is 9.98. The van der Waals surface area contributed by atoms with Gasteiger partial charge in [-0.25, -0.2) is 0 Å². The zero-order chi connectivity index (χ0) is 19.9. The fourth-order valence-electron chi connectivity index (χ4n) is 3.16. The topological polar surface area (TPSA) is 58.6 Å². The fraction of sp³-hybridized carbons (Fsp3) is 0.619. The molecule has 1 heterocycles. The van der Waals surface area contributed by atoms with Crippen LogP contribution in [0.15, 0.2) is 24.3 Å². The maximum atomic E-state index is 12.3. The monoisotopic (exact) mass is 394 g/mol. The summed E-state index contributed by atoms with van der Waals surface area (Å²) >= 11 is 6.04. The van der Waals surface area contributed by atoms with Crippen LogP contribution in [0.1, 0.15) is 52.9 Å². The molecule has 5 nitrogen and oxygen atoms in total. The molecule has 2 amide bonds. The molecule has 2 rings (SSSR count). The van der Waals surface area contributed by atoms with E-state index in [0.717, 1.165) is 12.8 Å².